The highest BCUT2D eigenvalue weighted by molar-refractivity contribution is 5.97. The van der Waals surface area contributed by atoms with E-state index in [9.17, 15) is 0 Å². The van der Waals surface area contributed by atoms with Gasteiger partial charge in [-0.2, -0.15) is 0 Å². The SMILES string of the molecule is CN(C)c1cccc(CN(C)c2cccc3c2C2(c4ccccc4-c4ccccc42)c2ccccc2-3)c1. The van der Waals surface area contributed by atoms with Crippen molar-refractivity contribution in [3.05, 3.63) is 143 Å². The predicted octanol–water partition coefficient (Wildman–Crippen LogP) is 7.73. The van der Waals surface area contributed by atoms with Crippen LogP contribution in [-0.2, 0) is 12.0 Å². The van der Waals surface area contributed by atoms with Crippen LogP contribution in [0.4, 0.5) is 11.4 Å². The summed E-state index contributed by atoms with van der Waals surface area (Å²) >= 11 is 0. The Morgan fingerprint density at radius 1 is 0.541 bits per heavy atom. The number of anilines is 2. The van der Waals surface area contributed by atoms with Gasteiger partial charge in [0.1, 0.15) is 0 Å². The minimum absolute atomic E-state index is 0.324. The van der Waals surface area contributed by atoms with E-state index in [0.29, 0.717) is 0 Å². The number of hydrogen-bond acceptors (Lipinski definition) is 2. The van der Waals surface area contributed by atoms with Crippen molar-refractivity contribution < 1.29 is 0 Å². The Labute approximate surface area is 219 Å². The van der Waals surface area contributed by atoms with Gasteiger partial charge in [0.15, 0.2) is 0 Å². The molecule has 2 heteroatoms. The molecule has 2 nitrogen and oxygen atoms in total. The molecule has 0 fully saturated rings. The van der Waals surface area contributed by atoms with E-state index in [1.807, 2.05) is 0 Å². The molecule has 0 saturated carbocycles. The van der Waals surface area contributed by atoms with Crippen LogP contribution in [0.25, 0.3) is 22.3 Å². The molecule has 0 amide bonds. The molecule has 0 heterocycles. The van der Waals surface area contributed by atoms with Gasteiger partial charge in [0, 0.05) is 44.6 Å². The molecule has 2 aliphatic carbocycles. The van der Waals surface area contributed by atoms with Gasteiger partial charge >= 0.3 is 0 Å². The van der Waals surface area contributed by atoms with Crippen molar-refractivity contribution in [2.45, 2.75) is 12.0 Å². The first-order valence-corrected chi connectivity index (χ1v) is 13.0. The lowest BCUT2D eigenvalue weighted by Crippen LogP contribution is -2.29. The smallest absolute Gasteiger partial charge is 0.0745 e. The molecule has 0 saturated heterocycles. The van der Waals surface area contributed by atoms with E-state index >= 15 is 0 Å². The highest BCUT2D eigenvalue weighted by atomic mass is 15.1. The van der Waals surface area contributed by atoms with E-state index in [2.05, 4.69) is 146 Å². The molecule has 0 bridgehead atoms. The molecule has 5 aromatic carbocycles. The first-order valence-electron chi connectivity index (χ1n) is 13.0. The lowest BCUT2D eigenvalue weighted by Gasteiger charge is -2.34. The maximum atomic E-state index is 2.44. The van der Waals surface area contributed by atoms with Crippen molar-refractivity contribution in [3.63, 3.8) is 0 Å². The zero-order chi connectivity index (χ0) is 25.1. The van der Waals surface area contributed by atoms with Crippen molar-refractivity contribution in [1.82, 2.24) is 0 Å². The average Bonchev–Trinajstić information content (AvgIpc) is 3.41. The summed E-state index contributed by atoms with van der Waals surface area (Å²) in [5.41, 5.74) is 14.4. The quantitative estimate of drug-likeness (QED) is 0.255. The Morgan fingerprint density at radius 2 is 1.05 bits per heavy atom. The number of rotatable bonds is 4. The lowest BCUT2D eigenvalue weighted by molar-refractivity contribution is 0.781. The van der Waals surface area contributed by atoms with Crippen LogP contribution < -0.4 is 9.80 Å². The molecular weight excluding hydrogens is 448 g/mol. The second-order valence-corrected chi connectivity index (χ2v) is 10.5. The van der Waals surface area contributed by atoms with Gasteiger partial charge in [-0.3, -0.25) is 0 Å². The molecule has 0 aliphatic heterocycles. The third-order valence-electron chi connectivity index (χ3n) is 8.25. The van der Waals surface area contributed by atoms with Gasteiger partial charge in [0.05, 0.1) is 5.41 Å². The average molecular weight is 479 g/mol. The summed E-state index contributed by atoms with van der Waals surface area (Å²) in [4.78, 5) is 4.60. The van der Waals surface area contributed by atoms with E-state index in [4.69, 9.17) is 0 Å². The second-order valence-electron chi connectivity index (χ2n) is 10.5. The first kappa shape index (κ1) is 21.9. The van der Waals surface area contributed by atoms with E-state index in [1.165, 1.54) is 61.4 Å². The van der Waals surface area contributed by atoms with E-state index < -0.39 is 0 Å². The van der Waals surface area contributed by atoms with Crippen LogP contribution in [0.1, 0.15) is 27.8 Å². The summed E-state index contributed by atoms with van der Waals surface area (Å²) < 4.78 is 0. The molecule has 1 spiro atoms. The number of hydrogen-bond donors (Lipinski definition) is 0. The van der Waals surface area contributed by atoms with Gasteiger partial charge in [0.25, 0.3) is 0 Å². The fourth-order valence-corrected chi connectivity index (χ4v) is 6.74. The van der Waals surface area contributed by atoms with Crippen LogP contribution in [0.3, 0.4) is 0 Å². The lowest BCUT2D eigenvalue weighted by atomic mass is 9.70. The molecule has 0 N–H and O–H groups in total. The van der Waals surface area contributed by atoms with Crippen molar-refractivity contribution in [3.8, 4) is 22.3 Å². The first-order chi connectivity index (χ1) is 18.1. The highest BCUT2D eigenvalue weighted by Gasteiger charge is 2.52. The van der Waals surface area contributed by atoms with E-state index in [0.717, 1.165) is 6.54 Å². The van der Waals surface area contributed by atoms with Gasteiger partial charge in [-0.05, 0) is 62.7 Å². The molecule has 0 unspecified atom stereocenters. The number of nitrogens with zero attached hydrogens (tertiary/aromatic N) is 2. The van der Waals surface area contributed by atoms with Gasteiger partial charge in [0.2, 0.25) is 0 Å². The summed E-state index contributed by atoms with van der Waals surface area (Å²) in [6, 6.07) is 42.8. The topological polar surface area (TPSA) is 6.48 Å². The van der Waals surface area contributed by atoms with Gasteiger partial charge < -0.3 is 9.80 Å². The van der Waals surface area contributed by atoms with Crippen molar-refractivity contribution >= 4 is 11.4 Å². The maximum absolute atomic E-state index is 2.44. The van der Waals surface area contributed by atoms with Crippen LogP contribution in [0.15, 0.2) is 115 Å². The molecule has 0 atom stereocenters. The molecule has 37 heavy (non-hydrogen) atoms. The largest absolute Gasteiger partial charge is 0.378 e. The molecule has 0 radical (unpaired) electrons. The molecule has 7 rings (SSSR count). The number of benzene rings is 5. The van der Waals surface area contributed by atoms with E-state index in [-0.39, 0.29) is 5.41 Å². The monoisotopic (exact) mass is 478 g/mol. The van der Waals surface area contributed by atoms with Gasteiger partial charge in [-0.15, -0.1) is 0 Å². The predicted molar refractivity (Wildman–Crippen MR) is 156 cm³/mol. The molecule has 0 aromatic heterocycles. The van der Waals surface area contributed by atoms with Crippen LogP contribution in [-0.4, -0.2) is 21.1 Å². The zero-order valence-corrected chi connectivity index (χ0v) is 21.6. The molecule has 5 aromatic rings. The highest BCUT2D eigenvalue weighted by Crippen LogP contribution is 2.64. The maximum Gasteiger partial charge on any atom is 0.0745 e. The van der Waals surface area contributed by atoms with Gasteiger partial charge in [-0.25, -0.2) is 0 Å². The Morgan fingerprint density at radius 3 is 1.65 bits per heavy atom. The molecular formula is C35H30N2. The van der Waals surface area contributed by atoms with Crippen LogP contribution in [0, 0.1) is 0 Å². The number of fused-ring (bicyclic) bond motifs is 10. The minimum Gasteiger partial charge on any atom is -0.378 e. The second kappa shape index (κ2) is 8.11. The molecule has 2 aliphatic rings. The van der Waals surface area contributed by atoms with Crippen LogP contribution in [0.5, 0.6) is 0 Å². The zero-order valence-electron chi connectivity index (χ0n) is 21.6. The Hall–Kier alpha value is -4.30. The van der Waals surface area contributed by atoms with Crippen LogP contribution in [0.2, 0.25) is 0 Å². The molecule has 180 valence electrons. The Balaban J connectivity index is 1.49. The van der Waals surface area contributed by atoms with Crippen molar-refractivity contribution in [2.24, 2.45) is 0 Å². The summed E-state index contributed by atoms with van der Waals surface area (Å²) in [7, 11) is 6.44. The van der Waals surface area contributed by atoms with Crippen LogP contribution >= 0.6 is 0 Å². The minimum atomic E-state index is -0.324. The summed E-state index contributed by atoms with van der Waals surface area (Å²) in [6.07, 6.45) is 0. The Kier molecular flexibility index (Phi) is 4.81. The third kappa shape index (κ3) is 2.99. The van der Waals surface area contributed by atoms with Crippen molar-refractivity contribution in [2.75, 3.05) is 30.9 Å². The third-order valence-corrected chi connectivity index (χ3v) is 8.25. The van der Waals surface area contributed by atoms with E-state index in [1.54, 1.807) is 0 Å². The fourth-order valence-electron chi connectivity index (χ4n) is 6.74. The fraction of sp³-hybridized carbons (Fsp3) is 0.143. The standard InChI is InChI=1S/C35H30N2/c1-36(2)25-13-10-12-24(22-25)23-37(3)33-21-11-17-29-28-16-6-9-20-32(28)35(34(29)33)30-18-7-4-14-26(30)27-15-5-8-19-31(27)35/h4-22H,23H2,1-3H3. The van der Waals surface area contributed by atoms with Crippen molar-refractivity contribution in [1.29, 1.82) is 0 Å². The normalized spacial score (nSPS) is 13.6. The Bertz CT molecular complexity index is 1600. The summed E-state index contributed by atoms with van der Waals surface area (Å²) in [5, 5.41) is 0. The summed E-state index contributed by atoms with van der Waals surface area (Å²) in [5.74, 6) is 0. The summed E-state index contributed by atoms with van der Waals surface area (Å²) in [6.45, 7) is 0.841. The van der Waals surface area contributed by atoms with Gasteiger partial charge in [-0.1, -0.05) is 97.1 Å².